The minimum absolute atomic E-state index is 0.0529. The first-order valence-corrected chi connectivity index (χ1v) is 5.81. The molecule has 1 unspecified atom stereocenters. The number of nitrogens with two attached hydrogens (primary N) is 1. The molecule has 1 rings (SSSR count). The second kappa shape index (κ2) is 5.10. The predicted octanol–water partition coefficient (Wildman–Crippen LogP) is 1.35. The van der Waals surface area contributed by atoms with Gasteiger partial charge in [0.25, 0.3) is 0 Å². The fourth-order valence-corrected chi connectivity index (χ4v) is 1.78. The van der Waals surface area contributed by atoms with E-state index in [0.29, 0.717) is 12.5 Å². The molecule has 0 amide bonds. The fraction of sp³-hybridized carbons (Fsp3) is 1.00. The second-order valence-electron chi connectivity index (χ2n) is 4.94. The molecule has 0 radical (unpaired) electrons. The number of nitrogens with zero attached hydrogens (tertiary/aromatic N) is 1. The van der Waals surface area contributed by atoms with Gasteiger partial charge >= 0.3 is 0 Å². The van der Waals surface area contributed by atoms with Gasteiger partial charge in [-0.2, -0.15) is 0 Å². The molecule has 1 atom stereocenters. The number of piperidine rings is 1. The van der Waals surface area contributed by atoms with E-state index in [2.05, 4.69) is 31.2 Å². The monoisotopic (exact) mass is 199 g/mol. The zero-order valence-electron chi connectivity index (χ0n) is 9.84. The lowest BCUT2D eigenvalue weighted by molar-refractivity contribution is 0.0681. The number of rotatable bonds is 4. The van der Waals surface area contributed by atoms with Crippen molar-refractivity contribution in [2.24, 2.45) is 11.7 Å². The van der Waals surface area contributed by atoms with E-state index in [0.717, 1.165) is 0 Å². The summed E-state index contributed by atoms with van der Waals surface area (Å²) in [4.78, 5) is 0. The van der Waals surface area contributed by atoms with Gasteiger partial charge in [-0.15, -0.1) is 0 Å². The zero-order valence-corrected chi connectivity index (χ0v) is 9.84. The summed E-state index contributed by atoms with van der Waals surface area (Å²) >= 11 is 0. The van der Waals surface area contributed by atoms with Crippen LogP contribution < -0.4 is 11.2 Å². The van der Waals surface area contributed by atoms with Gasteiger partial charge in [-0.25, -0.2) is 10.4 Å². The molecule has 1 aliphatic rings. The van der Waals surface area contributed by atoms with Crippen LogP contribution >= 0.6 is 0 Å². The molecular formula is C11H25N3. The summed E-state index contributed by atoms with van der Waals surface area (Å²) in [5.74, 6) is 0.564. The summed E-state index contributed by atoms with van der Waals surface area (Å²) in [6.07, 6.45) is 4.00. The Labute approximate surface area is 88.0 Å². The molecule has 3 nitrogen and oxygen atoms in total. The normalized spacial score (nSPS) is 23.8. The van der Waals surface area contributed by atoms with Gasteiger partial charge in [-0.3, -0.25) is 0 Å². The van der Waals surface area contributed by atoms with Crippen LogP contribution in [0.1, 0.15) is 40.0 Å². The van der Waals surface area contributed by atoms with Crippen LogP contribution in [0, 0.1) is 5.92 Å². The highest BCUT2D eigenvalue weighted by Crippen LogP contribution is 2.17. The summed E-state index contributed by atoms with van der Waals surface area (Å²) < 4.78 is 0. The van der Waals surface area contributed by atoms with E-state index in [1.54, 1.807) is 0 Å². The number of hydrazine groups is 1. The molecule has 0 aliphatic carbocycles. The molecule has 1 heterocycles. The quantitative estimate of drug-likeness (QED) is 0.718. The second-order valence-corrected chi connectivity index (χ2v) is 4.94. The number of hydrogen-bond acceptors (Lipinski definition) is 3. The minimum atomic E-state index is 0.0529. The highest BCUT2D eigenvalue weighted by Gasteiger charge is 2.28. The number of hydrogen-bond donors (Lipinski definition) is 2. The van der Waals surface area contributed by atoms with E-state index in [9.17, 15) is 0 Å². The summed E-state index contributed by atoms with van der Waals surface area (Å²) in [5.41, 5.74) is 9.48. The molecule has 1 aliphatic heterocycles. The summed E-state index contributed by atoms with van der Waals surface area (Å²) in [6, 6.07) is 0. The lowest BCUT2D eigenvalue weighted by atomic mass is 9.89. The first-order valence-electron chi connectivity index (χ1n) is 5.81. The lowest BCUT2D eigenvalue weighted by Gasteiger charge is -2.40. The summed E-state index contributed by atoms with van der Waals surface area (Å²) in [7, 11) is 0. The molecule has 3 N–H and O–H groups in total. The average Bonchev–Trinajstić information content (AvgIpc) is 2.19. The van der Waals surface area contributed by atoms with Crippen molar-refractivity contribution in [3.8, 4) is 0 Å². The molecule has 1 saturated heterocycles. The van der Waals surface area contributed by atoms with Crippen molar-refractivity contribution in [2.75, 3.05) is 19.6 Å². The van der Waals surface area contributed by atoms with Gasteiger partial charge < -0.3 is 5.73 Å². The van der Waals surface area contributed by atoms with Crippen LogP contribution in [0.5, 0.6) is 0 Å². The fourth-order valence-electron chi connectivity index (χ4n) is 1.78. The van der Waals surface area contributed by atoms with Gasteiger partial charge in [0.2, 0.25) is 0 Å². The third-order valence-electron chi connectivity index (χ3n) is 3.47. The minimum Gasteiger partial charge on any atom is -0.329 e. The molecule has 14 heavy (non-hydrogen) atoms. The Balaban J connectivity index is 2.46. The Bertz CT molecular complexity index is 164. The van der Waals surface area contributed by atoms with Crippen molar-refractivity contribution in [3.63, 3.8) is 0 Å². The van der Waals surface area contributed by atoms with Crippen LogP contribution in [0.2, 0.25) is 0 Å². The van der Waals surface area contributed by atoms with Crippen LogP contribution in [0.15, 0.2) is 0 Å². The Morgan fingerprint density at radius 3 is 2.29 bits per heavy atom. The van der Waals surface area contributed by atoms with E-state index < -0.39 is 0 Å². The predicted molar refractivity (Wildman–Crippen MR) is 60.9 cm³/mol. The Morgan fingerprint density at radius 2 is 1.86 bits per heavy atom. The molecule has 0 aromatic heterocycles. The van der Waals surface area contributed by atoms with Crippen LogP contribution in [-0.2, 0) is 0 Å². The van der Waals surface area contributed by atoms with E-state index in [4.69, 9.17) is 5.73 Å². The van der Waals surface area contributed by atoms with Crippen molar-refractivity contribution in [1.29, 1.82) is 0 Å². The number of nitrogens with one attached hydrogen (secondary N) is 1. The van der Waals surface area contributed by atoms with Crippen LogP contribution in [0.4, 0.5) is 0 Å². The highest BCUT2D eigenvalue weighted by molar-refractivity contribution is 4.86. The topological polar surface area (TPSA) is 41.3 Å². The average molecular weight is 199 g/mol. The van der Waals surface area contributed by atoms with E-state index in [1.807, 2.05) is 0 Å². The van der Waals surface area contributed by atoms with Crippen LogP contribution in [-0.4, -0.2) is 30.2 Å². The largest absolute Gasteiger partial charge is 0.329 e. The highest BCUT2D eigenvalue weighted by atomic mass is 15.5. The van der Waals surface area contributed by atoms with Crippen molar-refractivity contribution in [1.82, 2.24) is 10.4 Å². The van der Waals surface area contributed by atoms with Gasteiger partial charge in [-0.05, 0) is 25.7 Å². The van der Waals surface area contributed by atoms with Crippen LogP contribution in [0.25, 0.3) is 0 Å². The molecule has 3 heteroatoms. The molecule has 0 aromatic rings. The first kappa shape index (κ1) is 12.0. The van der Waals surface area contributed by atoms with Crippen molar-refractivity contribution >= 4 is 0 Å². The van der Waals surface area contributed by atoms with Gasteiger partial charge in [0.05, 0.1) is 0 Å². The maximum absolute atomic E-state index is 5.84. The van der Waals surface area contributed by atoms with Crippen molar-refractivity contribution < 1.29 is 0 Å². The molecule has 0 saturated carbocycles. The van der Waals surface area contributed by atoms with Crippen molar-refractivity contribution in [3.05, 3.63) is 0 Å². The Kier molecular flexibility index (Phi) is 4.35. The third-order valence-corrected chi connectivity index (χ3v) is 3.47. The molecule has 0 spiro atoms. The lowest BCUT2D eigenvalue weighted by Crippen LogP contribution is -2.60. The van der Waals surface area contributed by atoms with Gasteiger partial charge in [-0.1, -0.05) is 20.3 Å². The third kappa shape index (κ3) is 2.94. The molecular weight excluding hydrogens is 174 g/mol. The molecule has 1 fully saturated rings. The van der Waals surface area contributed by atoms with Gasteiger partial charge in [0.1, 0.15) is 0 Å². The van der Waals surface area contributed by atoms with E-state index in [1.165, 1.54) is 32.4 Å². The molecule has 0 bridgehead atoms. The Hall–Kier alpha value is -0.120. The smallest absolute Gasteiger partial charge is 0.0442 e. The van der Waals surface area contributed by atoms with E-state index in [-0.39, 0.29) is 5.54 Å². The van der Waals surface area contributed by atoms with Crippen LogP contribution in [0.3, 0.4) is 0 Å². The maximum atomic E-state index is 5.84. The standard InChI is InChI=1S/C11H25N3/c1-10(2)11(3,9-12)13-14-7-5-4-6-8-14/h10,13H,4-9,12H2,1-3H3. The zero-order chi connectivity index (χ0) is 10.6. The summed E-state index contributed by atoms with van der Waals surface area (Å²) in [5, 5.41) is 2.34. The summed E-state index contributed by atoms with van der Waals surface area (Å²) in [6.45, 7) is 9.70. The van der Waals surface area contributed by atoms with E-state index >= 15 is 0 Å². The van der Waals surface area contributed by atoms with Gasteiger partial charge in [0, 0.05) is 25.2 Å². The molecule has 84 valence electrons. The van der Waals surface area contributed by atoms with Crippen molar-refractivity contribution in [2.45, 2.75) is 45.6 Å². The SMILES string of the molecule is CC(C)C(C)(CN)NN1CCCCC1. The van der Waals surface area contributed by atoms with Gasteiger partial charge in [0.15, 0.2) is 0 Å². The first-order chi connectivity index (χ1) is 6.58. The molecule has 0 aromatic carbocycles. The Morgan fingerprint density at radius 1 is 1.29 bits per heavy atom. The maximum Gasteiger partial charge on any atom is 0.0442 e.